The molecule has 33 nitrogen and oxygen atoms in total. The summed E-state index contributed by atoms with van der Waals surface area (Å²) in [6, 6.07) is 1.51. The molecule has 0 radical (unpaired) electrons. The lowest BCUT2D eigenvalue weighted by Gasteiger charge is -2.44. The van der Waals surface area contributed by atoms with Crippen molar-refractivity contribution in [1.82, 2.24) is 40.9 Å². The van der Waals surface area contributed by atoms with Gasteiger partial charge in [-0.3, -0.25) is 86.7 Å². The van der Waals surface area contributed by atoms with Gasteiger partial charge in [0.25, 0.3) is 14.3 Å². The molecule has 13 N–H and O–H groups in total. The predicted octanol–water partition coefficient (Wildman–Crippen LogP) is 2.15. The number of ketones is 3. The van der Waals surface area contributed by atoms with Gasteiger partial charge in [-0.15, -0.1) is 0 Å². The van der Waals surface area contributed by atoms with Gasteiger partial charge >= 0.3 is 53.7 Å². The van der Waals surface area contributed by atoms with Crippen molar-refractivity contribution in [3.8, 4) is 0 Å². The second kappa shape index (κ2) is 44.0. The number of Topliss-reactive ketones (excluding diaryl/α,β-unsaturated/α-hetero) is 3. The topological polar surface area (TPSA) is 516 Å². The molecule has 0 saturated carbocycles. The highest BCUT2D eigenvalue weighted by atomic mass is 28.4. The molecule has 2 rings (SSSR count). The van der Waals surface area contributed by atoms with Crippen molar-refractivity contribution in [1.29, 1.82) is 0 Å². The summed E-state index contributed by atoms with van der Waals surface area (Å²) in [7, 11) is -3.76. The maximum Gasteiger partial charge on any atom is 0.326 e. The number of carboxylic acid groups (broad SMARTS) is 9. The Morgan fingerprint density at radius 2 is 0.882 bits per heavy atom. The number of unbranched alkanes of at least 4 members (excludes halogenated alkanes) is 2. The van der Waals surface area contributed by atoms with Gasteiger partial charge in [0.05, 0.1) is 37.4 Å². The summed E-state index contributed by atoms with van der Waals surface area (Å²) in [4.78, 5) is 206. The monoisotopic (exact) mass is 1470 g/mol. The van der Waals surface area contributed by atoms with Gasteiger partial charge in [0.1, 0.15) is 35.5 Å². The average molecular weight is 1470 g/mol. The number of carbonyl (C=O) groups excluding carboxylic acids is 7. The molecule has 1 aliphatic rings. The van der Waals surface area contributed by atoms with Gasteiger partial charge in [0, 0.05) is 129 Å². The van der Waals surface area contributed by atoms with E-state index in [0.717, 1.165) is 0 Å². The van der Waals surface area contributed by atoms with Crippen molar-refractivity contribution in [2.75, 3.05) is 85.1 Å². The Balaban J connectivity index is 2.15. The van der Waals surface area contributed by atoms with Crippen LogP contribution in [0.5, 0.6) is 0 Å². The van der Waals surface area contributed by atoms with Crippen LogP contribution in [0.2, 0.25) is 10.1 Å². The number of benzene rings is 1. The fourth-order valence-corrected chi connectivity index (χ4v) is 16.8. The number of aliphatic carboxylic acids is 9. The van der Waals surface area contributed by atoms with Gasteiger partial charge in [-0.1, -0.05) is 60.1 Å². The zero-order valence-electron chi connectivity index (χ0n) is 58.9. The molecule has 572 valence electrons. The van der Waals surface area contributed by atoms with E-state index < -0.39 is 214 Å². The van der Waals surface area contributed by atoms with E-state index in [1.54, 1.807) is 0 Å². The zero-order chi connectivity index (χ0) is 77.2. The van der Waals surface area contributed by atoms with Gasteiger partial charge in [-0.05, 0) is 78.8 Å². The van der Waals surface area contributed by atoms with Gasteiger partial charge in [0.2, 0.25) is 17.7 Å². The first-order valence-corrected chi connectivity index (χ1v) is 35.8. The average Bonchev–Trinajstić information content (AvgIpc) is 0.748. The van der Waals surface area contributed by atoms with Crippen molar-refractivity contribution in [3.63, 3.8) is 0 Å². The fourth-order valence-electron chi connectivity index (χ4n) is 12.2. The molecular formula is C67H103FN8O25Si. The Morgan fingerprint density at radius 1 is 0.431 bits per heavy atom. The van der Waals surface area contributed by atoms with Crippen LogP contribution in [-0.2, 0) is 71.9 Å². The standard InChI is InChI=1S/C67H103FN8O25Si/c1-66(2,3)102(68,67(4,5)6)49-20-14-42(15-21-49)59(90)70-38-45(37-47(78)18-22-52(65(100)101)76-33-31-74(40-57(86)87)29-27-73(39-56(84)85)28-30-75(32-34-76)41-58(88)89)60(91)72-51(64(98)99)13-9-10-26-69-53(80)24-19-46(77)11-7-8-12-50(63(96)97)71-54(81)23-16-43(61(92)93)35-48(79)36-44(62(94)95)17-25-55(82)83/h14-15,20-21,43-45,50-52H,7-13,16-19,22-41H2,1-6H3,(H,69,80)(H,70,90)(H,71,81)(H,72,91)(H,82,83)(H,84,85)(H,86,87)(H,88,89)(H,92,93)(H,94,95)(H,96,97)(H,98,99)(H,100,101)/t43-,44-,45-,50-,51-,52-/m1/s1. The minimum atomic E-state index is -3.76. The molecule has 1 heterocycles. The van der Waals surface area contributed by atoms with Crippen LogP contribution in [-0.4, -0.2) is 272 Å². The Morgan fingerprint density at radius 3 is 1.32 bits per heavy atom. The Labute approximate surface area is 591 Å². The van der Waals surface area contributed by atoms with Crippen LogP contribution in [0.3, 0.4) is 0 Å². The molecule has 1 aromatic carbocycles. The third kappa shape index (κ3) is 33.4. The summed E-state index contributed by atoms with van der Waals surface area (Å²) in [5, 5.41) is 96.1. The minimum Gasteiger partial charge on any atom is -0.481 e. The number of hydrogen-bond acceptors (Lipinski definition) is 20. The second-order valence-electron chi connectivity index (χ2n) is 27.8. The molecule has 102 heavy (non-hydrogen) atoms. The van der Waals surface area contributed by atoms with Crippen LogP contribution in [0.25, 0.3) is 0 Å². The van der Waals surface area contributed by atoms with E-state index >= 15 is 4.11 Å². The van der Waals surface area contributed by atoms with E-state index in [1.165, 1.54) is 43.9 Å². The van der Waals surface area contributed by atoms with Crippen LogP contribution in [0.4, 0.5) is 4.11 Å². The number of rotatable bonds is 47. The van der Waals surface area contributed by atoms with Crippen LogP contribution in [0.15, 0.2) is 24.3 Å². The minimum absolute atomic E-state index is 0.0163. The molecule has 1 saturated heterocycles. The van der Waals surface area contributed by atoms with Crippen molar-refractivity contribution < 1.29 is 127 Å². The number of carbonyl (C=O) groups is 16. The van der Waals surface area contributed by atoms with Gasteiger partial charge < -0.3 is 71.3 Å². The van der Waals surface area contributed by atoms with Crippen molar-refractivity contribution in [3.05, 3.63) is 29.8 Å². The van der Waals surface area contributed by atoms with E-state index in [4.69, 9.17) is 5.11 Å². The number of nitrogens with zero attached hydrogens (tertiary/aromatic N) is 4. The molecule has 35 heteroatoms. The summed E-state index contributed by atoms with van der Waals surface area (Å²) >= 11 is 0. The maximum absolute atomic E-state index is 17.2. The van der Waals surface area contributed by atoms with Crippen LogP contribution < -0.4 is 26.5 Å². The maximum atomic E-state index is 17.2. The Kier molecular flexibility index (Phi) is 38.5. The zero-order valence-corrected chi connectivity index (χ0v) is 59.9. The van der Waals surface area contributed by atoms with Gasteiger partial charge in [-0.2, -0.15) is 0 Å². The van der Waals surface area contributed by atoms with Crippen molar-refractivity contribution in [2.45, 2.75) is 185 Å². The molecule has 4 amide bonds. The van der Waals surface area contributed by atoms with E-state index in [1.807, 2.05) is 41.5 Å². The lowest BCUT2D eigenvalue weighted by atomic mass is 9.90. The largest absolute Gasteiger partial charge is 0.481 e. The van der Waals surface area contributed by atoms with Crippen molar-refractivity contribution in [2.24, 2.45) is 17.8 Å². The number of carboxylic acids is 9. The van der Waals surface area contributed by atoms with E-state index in [0.29, 0.717) is 5.19 Å². The smallest absolute Gasteiger partial charge is 0.326 e. The molecule has 0 unspecified atom stereocenters. The first-order chi connectivity index (χ1) is 47.5. The highest BCUT2D eigenvalue weighted by Crippen LogP contribution is 2.51. The molecule has 1 aromatic rings. The molecule has 0 spiro atoms. The third-order valence-electron chi connectivity index (χ3n) is 17.7. The molecule has 6 atom stereocenters. The first-order valence-electron chi connectivity index (χ1n) is 34.0. The lowest BCUT2D eigenvalue weighted by molar-refractivity contribution is -0.147. The summed E-state index contributed by atoms with van der Waals surface area (Å²) < 4.78 is 17.2. The van der Waals surface area contributed by atoms with E-state index in [9.17, 15) is 118 Å². The summed E-state index contributed by atoms with van der Waals surface area (Å²) in [5.41, 5.74) is 0.0713. The summed E-state index contributed by atoms with van der Waals surface area (Å²) in [5.74, 6) is -21.2. The number of hydrogen-bond donors (Lipinski definition) is 13. The molecular weight excluding hydrogens is 1360 g/mol. The number of nitrogens with one attached hydrogen (secondary N) is 4. The molecule has 1 aliphatic heterocycles. The van der Waals surface area contributed by atoms with Gasteiger partial charge in [-0.25, -0.2) is 9.59 Å². The quantitative estimate of drug-likeness (QED) is 0.0253. The Hall–Kier alpha value is -8.67. The normalized spacial score (nSPS) is 15.8. The third-order valence-corrected chi connectivity index (χ3v) is 23.0. The molecule has 0 bridgehead atoms. The number of halogens is 1. The highest BCUT2D eigenvalue weighted by Gasteiger charge is 2.56. The first kappa shape index (κ1) is 89.4. The lowest BCUT2D eigenvalue weighted by Crippen LogP contribution is -2.57. The summed E-state index contributed by atoms with van der Waals surface area (Å²) in [6.45, 7) is 8.94. The SMILES string of the molecule is CC(C)(C)[Si](F)(c1ccc(C(=O)NC[C@@H](CC(=O)CC[C@H](C(=O)O)N2CCN(CC(=O)O)CCN(CC(=O)O)CCN(CC(=O)O)CC2)C(=O)N[C@H](CCCCNC(=O)CCC(=O)CCCC[C@@H](NC(=O)CC[C@H](CC(=O)C[C@@H](CCC(=O)O)C(=O)O)C(=O)O)C(=O)O)C(=O)O)cc1)C(C)(C)C. The van der Waals surface area contributed by atoms with E-state index in [2.05, 4.69) is 21.3 Å². The van der Waals surface area contributed by atoms with E-state index in [-0.39, 0.29) is 141 Å². The second-order valence-corrected chi connectivity index (χ2v) is 32.7. The molecule has 1 fully saturated rings. The highest BCUT2D eigenvalue weighted by molar-refractivity contribution is 6.90. The summed E-state index contributed by atoms with van der Waals surface area (Å²) in [6.07, 6.45) is -4.80. The van der Waals surface area contributed by atoms with Gasteiger partial charge in [0.15, 0.2) is 0 Å². The number of amides is 4. The Bertz CT molecular complexity index is 3040. The van der Waals surface area contributed by atoms with Crippen LogP contribution in [0, 0.1) is 17.8 Å². The fraction of sp³-hybridized carbons (Fsp3) is 0.672. The van der Waals surface area contributed by atoms with Crippen LogP contribution >= 0.6 is 0 Å². The molecule has 0 aliphatic carbocycles. The molecule has 0 aromatic heterocycles. The predicted molar refractivity (Wildman–Crippen MR) is 364 cm³/mol. The van der Waals surface area contributed by atoms with Crippen LogP contribution in [0.1, 0.15) is 167 Å². The van der Waals surface area contributed by atoms with Crippen molar-refractivity contribution >= 4 is 108 Å².